The van der Waals surface area contributed by atoms with Gasteiger partial charge in [-0.3, -0.25) is 4.79 Å². The van der Waals surface area contributed by atoms with Gasteiger partial charge in [0.25, 0.3) is 0 Å². The van der Waals surface area contributed by atoms with Crippen LogP contribution in [0.25, 0.3) is 0 Å². The molecule has 2 aliphatic rings. The minimum atomic E-state index is -0.304. The van der Waals surface area contributed by atoms with Gasteiger partial charge in [-0.25, -0.2) is 0 Å². The molecule has 1 aliphatic carbocycles. The Morgan fingerprint density at radius 3 is 2.87 bits per heavy atom. The number of hydrogen-bond acceptors (Lipinski definition) is 3. The lowest BCUT2D eigenvalue weighted by molar-refractivity contribution is -0.152. The van der Waals surface area contributed by atoms with Gasteiger partial charge in [0.1, 0.15) is 0 Å². The highest BCUT2D eigenvalue weighted by Gasteiger charge is 2.43. The van der Waals surface area contributed by atoms with Crippen LogP contribution in [0, 0.1) is 5.92 Å². The van der Waals surface area contributed by atoms with E-state index in [2.05, 4.69) is 5.32 Å². The lowest BCUT2D eigenvalue weighted by Crippen LogP contribution is -2.30. The molecule has 1 spiro atoms. The monoisotopic (exact) mass is 213 g/mol. The van der Waals surface area contributed by atoms with Crippen LogP contribution in [0.2, 0.25) is 0 Å². The van der Waals surface area contributed by atoms with Crippen molar-refractivity contribution in [2.45, 2.75) is 38.4 Å². The van der Waals surface area contributed by atoms with E-state index in [-0.39, 0.29) is 11.7 Å². The van der Waals surface area contributed by atoms with Crippen LogP contribution in [0.5, 0.6) is 0 Å². The van der Waals surface area contributed by atoms with Crippen molar-refractivity contribution in [2.24, 2.45) is 5.92 Å². The smallest absolute Gasteiger partial charge is 0.219 e. The van der Waals surface area contributed by atoms with E-state index in [0.29, 0.717) is 25.6 Å². The number of hydrogen-bond donors (Lipinski definition) is 1. The normalized spacial score (nSPS) is 28.5. The van der Waals surface area contributed by atoms with Crippen molar-refractivity contribution in [3.63, 3.8) is 0 Å². The van der Waals surface area contributed by atoms with Crippen molar-refractivity contribution in [2.75, 3.05) is 19.8 Å². The molecular formula is C11H19NO3. The molecule has 1 N–H and O–H groups in total. The first-order valence-corrected chi connectivity index (χ1v) is 5.79. The lowest BCUT2D eigenvalue weighted by Gasteiger charge is -2.21. The first-order chi connectivity index (χ1) is 7.24. The molecule has 2 rings (SSSR count). The standard InChI is InChI=1S/C11H19NO3/c1-2-10(13)12-8-9-3-4-11(7-9)14-5-6-15-11/h9H,2-8H2,1H3,(H,12,13). The topological polar surface area (TPSA) is 47.6 Å². The molecule has 0 aromatic heterocycles. The Kier molecular flexibility index (Phi) is 3.26. The van der Waals surface area contributed by atoms with Crippen LogP contribution in [0.3, 0.4) is 0 Å². The zero-order chi connectivity index (χ0) is 10.7. The first kappa shape index (κ1) is 10.9. The van der Waals surface area contributed by atoms with Crippen LogP contribution in [-0.4, -0.2) is 31.5 Å². The Bertz CT molecular complexity index is 236. The average Bonchev–Trinajstić information content (AvgIpc) is 2.86. The van der Waals surface area contributed by atoms with Gasteiger partial charge in [0, 0.05) is 25.8 Å². The van der Waals surface area contributed by atoms with Gasteiger partial charge in [0.2, 0.25) is 5.91 Å². The molecule has 0 aromatic rings. The van der Waals surface area contributed by atoms with E-state index >= 15 is 0 Å². The molecule has 0 bridgehead atoms. The Balaban J connectivity index is 1.75. The van der Waals surface area contributed by atoms with Gasteiger partial charge in [-0.05, 0) is 12.3 Å². The molecule has 0 radical (unpaired) electrons. The largest absolute Gasteiger partial charge is 0.356 e. The SMILES string of the molecule is CCC(=O)NCC1CCC2(C1)OCCO2. The second kappa shape index (κ2) is 4.49. The fraction of sp³-hybridized carbons (Fsp3) is 0.909. The molecule has 1 saturated carbocycles. The molecule has 1 atom stereocenters. The highest BCUT2D eigenvalue weighted by Crippen LogP contribution is 2.40. The molecule has 0 aromatic carbocycles. The third kappa shape index (κ3) is 2.49. The Morgan fingerprint density at radius 2 is 2.20 bits per heavy atom. The molecule has 2 fully saturated rings. The summed E-state index contributed by atoms with van der Waals surface area (Å²) in [5.74, 6) is 0.338. The predicted octanol–water partition coefficient (Wildman–Crippen LogP) is 1.06. The van der Waals surface area contributed by atoms with Crippen molar-refractivity contribution in [1.82, 2.24) is 5.32 Å². The molecule has 1 amide bonds. The number of carbonyl (C=O) groups is 1. The van der Waals surface area contributed by atoms with Gasteiger partial charge >= 0.3 is 0 Å². The third-order valence-corrected chi connectivity index (χ3v) is 3.26. The summed E-state index contributed by atoms with van der Waals surface area (Å²) in [6, 6.07) is 0. The van der Waals surface area contributed by atoms with Gasteiger partial charge in [-0.15, -0.1) is 0 Å². The molecule has 1 aliphatic heterocycles. The Hall–Kier alpha value is -0.610. The van der Waals surface area contributed by atoms with Gasteiger partial charge in [0.15, 0.2) is 5.79 Å². The summed E-state index contributed by atoms with van der Waals surface area (Å²) in [4.78, 5) is 11.1. The van der Waals surface area contributed by atoms with Gasteiger partial charge in [-0.2, -0.15) is 0 Å². The van der Waals surface area contributed by atoms with Gasteiger partial charge in [-0.1, -0.05) is 6.92 Å². The zero-order valence-corrected chi connectivity index (χ0v) is 9.25. The van der Waals surface area contributed by atoms with Crippen molar-refractivity contribution in [1.29, 1.82) is 0 Å². The van der Waals surface area contributed by atoms with Crippen molar-refractivity contribution in [3.05, 3.63) is 0 Å². The maximum absolute atomic E-state index is 11.1. The van der Waals surface area contributed by atoms with Crippen molar-refractivity contribution < 1.29 is 14.3 Å². The maximum atomic E-state index is 11.1. The van der Waals surface area contributed by atoms with E-state index in [4.69, 9.17) is 9.47 Å². The highest BCUT2D eigenvalue weighted by molar-refractivity contribution is 5.75. The lowest BCUT2D eigenvalue weighted by atomic mass is 10.1. The number of amides is 1. The second-order valence-electron chi connectivity index (χ2n) is 4.37. The molecule has 4 heteroatoms. The Morgan fingerprint density at radius 1 is 1.47 bits per heavy atom. The van der Waals surface area contributed by atoms with E-state index in [9.17, 15) is 4.79 Å². The molecule has 4 nitrogen and oxygen atoms in total. The third-order valence-electron chi connectivity index (χ3n) is 3.26. The average molecular weight is 213 g/mol. The van der Waals surface area contributed by atoms with E-state index in [1.165, 1.54) is 0 Å². The van der Waals surface area contributed by atoms with Crippen molar-refractivity contribution >= 4 is 5.91 Å². The summed E-state index contributed by atoms with van der Waals surface area (Å²) < 4.78 is 11.3. The van der Waals surface area contributed by atoms with Crippen LogP contribution in [-0.2, 0) is 14.3 Å². The van der Waals surface area contributed by atoms with Gasteiger partial charge in [0.05, 0.1) is 13.2 Å². The molecule has 1 saturated heterocycles. The second-order valence-corrected chi connectivity index (χ2v) is 4.37. The predicted molar refractivity (Wildman–Crippen MR) is 55.3 cm³/mol. The summed E-state index contributed by atoms with van der Waals surface area (Å²) in [7, 11) is 0. The van der Waals surface area contributed by atoms with Crippen LogP contribution < -0.4 is 5.32 Å². The minimum Gasteiger partial charge on any atom is -0.356 e. The van der Waals surface area contributed by atoms with E-state index in [0.717, 1.165) is 25.8 Å². The summed E-state index contributed by atoms with van der Waals surface area (Å²) in [6.07, 6.45) is 3.55. The van der Waals surface area contributed by atoms with Crippen molar-refractivity contribution in [3.8, 4) is 0 Å². The first-order valence-electron chi connectivity index (χ1n) is 5.79. The molecule has 86 valence electrons. The zero-order valence-electron chi connectivity index (χ0n) is 9.25. The van der Waals surface area contributed by atoms with Crippen LogP contribution in [0.15, 0.2) is 0 Å². The highest BCUT2D eigenvalue weighted by atomic mass is 16.7. The summed E-state index contributed by atoms with van der Waals surface area (Å²) in [5.41, 5.74) is 0. The van der Waals surface area contributed by atoms with E-state index in [1.54, 1.807) is 0 Å². The number of rotatable bonds is 3. The number of ether oxygens (including phenoxy) is 2. The molecule has 1 heterocycles. The van der Waals surface area contributed by atoms with E-state index < -0.39 is 0 Å². The van der Waals surface area contributed by atoms with Gasteiger partial charge < -0.3 is 14.8 Å². The Labute approximate surface area is 90.3 Å². The minimum absolute atomic E-state index is 0.129. The van der Waals surface area contributed by atoms with E-state index in [1.807, 2.05) is 6.92 Å². The number of nitrogens with one attached hydrogen (secondary N) is 1. The fourth-order valence-electron chi connectivity index (χ4n) is 2.38. The quantitative estimate of drug-likeness (QED) is 0.762. The molecule has 1 unspecified atom stereocenters. The van der Waals surface area contributed by atoms with Crippen LogP contribution in [0.1, 0.15) is 32.6 Å². The molecule has 15 heavy (non-hydrogen) atoms. The molecular weight excluding hydrogens is 194 g/mol. The summed E-state index contributed by atoms with van der Waals surface area (Å²) in [6.45, 7) is 4.07. The fourth-order valence-corrected chi connectivity index (χ4v) is 2.38. The number of carbonyl (C=O) groups excluding carboxylic acids is 1. The maximum Gasteiger partial charge on any atom is 0.219 e. The summed E-state index contributed by atoms with van der Waals surface area (Å²) in [5, 5.41) is 2.93. The van der Waals surface area contributed by atoms with Crippen LogP contribution >= 0.6 is 0 Å². The van der Waals surface area contributed by atoms with Crippen LogP contribution in [0.4, 0.5) is 0 Å². The summed E-state index contributed by atoms with van der Waals surface area (Å²) >= 11 is 0.